The lowest BCUT2D eigenvalue weighted by molar-refractivity contribution is -0.121. The molecule has 4 nitrogen and oxygen atoms in total. The zero-order valence-electron chi connectivity index (χ0n) is 11.7. The van der Waals surface area contributed by atoms with Crippen LogP contribution in [0.3, 0.4) is 0 Å². The first-order valence-electron chi connectivity index (χ1n) is 6.31. The SMILES string of the molecule is CNC(C)(C)C(=O)Nc1cccc2ccc(C)nc12. The zero-order chi connectivity index (χ0) is 14.0. The molecule has 2 aromatic rings. The fourth-order valence-corrected chi connectivity index (χ4v) is 1.74. The molecule has 0 spiro atoms. The van der Waals surface area contributed by atoms with Crippen LogP contribution in [-0.4, -0.2) is 23.5 Å². The summed E-state index contributed by atoms with van der Waals surface area (Å²) in [5, 5.41) is 6.95. The third-order valence-electron chi connectivity index (χ3n) is 3.30. The van der Waals surface area contributed by atoms with Crippen molar-refractivity contribution in [2.75, 3.05) is 12.4 Å². The van der Waals surface area contributed by atoms with Crippen LogP contribution in [0.2, 0.25) is 0 Å². The van der Waals surface area contributed by atoms with Crippen LogP contribution < -0.4 is 10.6 Å². The number of hydrogen-bond donors (Lipinski definition) is 2. The number of nitrogens with zero attached hydrogens (tertiary/aromatic N) is 1. The van der Waals surface area contributed by atoms with E-state index < -0.39 is 5.54 Å². The summed E-state index contributed by atoms with van der Waals surface area (Å²) in [6.45, 7) is 5.62. The second-order valence-electron chi connectivity index (χ2n) is 5.16. The van der Waals surface area contributed by atoms with Gasteiger partial charge >= 0.3 is 0 Å². The molecule has 100 valence electrons. The topological polar surface area (TPSA) is 54.0 Å². The molecule has 1 heterocycles. The van der Waals surface area contributed by atoms with Crippen LogP contribution in [0.4, 0.5) is 5.69 Å². The predicted molar refractivity (Wildman–Crippen MR) is 78.2 cm³/mol. The first-order chi connectivity index (χ1) is 8.94. The maximum absolute atomic E-state index is 12.2. The summed E-state index contributed by atoms with van der Waals surface area (Å²) >= 11 is 0. The molecule has 0 saturated heterocycles. The van der Waals surface area contributed by atoms with Crippen molar-refractivity contribution in [3.8, 4) is 0 Å². The number of rotatable bonds is 3. The minimum Gasteiger partial charge on any atom is -0.323 e. The molecule has 0 saturated carbocycles. The number of fused-ring (bicyclic) bond motifs is 1. The molecule has 0 unspecified atom stereocenters. The van der Waals surface area contributed by atoms with Gasteiger partial charge in [-0.2, -0.15) is 0 Å². The van der Waals surface area contributed by atoms with Crippen LogP contribution in [0.25, 0.3) is 10.9 Å². The number of carbonyl (C=O) groups excluding carboxylic acids is 1. The van der Waals surface area contributed by atoms with Crippen molar-refractivity contribution in [2.24, 2.45) is 0 Å². The average Bonchev–Trinajstić information content (AvgIpc) is 2.39. The Kier molecular flexibility index (Phi) is 3.53. The van der Waals surface area contributed by atoms with E-state index >= 15 is 0 Å². The van der Waals surface area contributed by atoms with Gasteiger partial charge in [0.05, 0.1) is 16.7 Å². The van der Waals surface area contributed by atoms with E-state index in [9.17, 15) is 4.79 Å². The van der Waals surface area contributed by atoms with Crippen LogP contribution >= 0.6 is 0 Å². The Morgan fingerprint density at radius 1 is 1.21 bits per heavy atom. The smallest absolute Gasteiger partial charge is 0.244 e. The van der Waals surface area contributed by atoms with Crippen molar-refractivity contribution >= 4 is 22.5 Å². The van der Waals surface area contributed by atoms with E-state index in [1.807, 2.05) is 51.1 Å². The molecule has 2 N–H and O–H groups in total. The lowest BCUT2D eigenvalue weighted by Crippen LogP contribution is -2.47. The Hall–Kier alpha value is -1.94. The Balaban J connectivity index is 2.41. The van der Waals surface area contributed by atoms with Gasteiger partial charge in [-0.25, -0.2) is 0 Å². The second kappa shape index (κ2) is 4.97. The molecule has 1 aromatic carbocycles. The molecule has 0 aliphatic carbocycles. The monoisotopic (exact) mass is 257 g/mol. The molecule has 0 atom stereocenters. The number of likely N-dealkylation sites (N-methyl/N-ethyl adjacent to an activating group) is 1. The van der Waals surface area contributed by atoms with E-state index in [4.69, 9.17) is 0 Å². The maximum atomic E-state index is 12.2. The van der Waals surface area contributed by atoms with Gasteiger partial charge in [-0.1, -0.05) is 18.2 Å². The van der Waals surface area contributed by atoms with Gasteiger partial charge in [-0.15, -0.1) is 0 Å². The number of hydrogen-bond acceptors (Lipinski definition) is 3. The van der Waals surface area contributed by atoms with Crippen molar-refractivity contribution in [3.05, 3.63) is 36.0 Å². The molecular formula is C15H19N3O. The largest absolute Gasteiger partial charge is 0.323 e. The molecule has 0 radical (unpaired) electrons. The molecule has 0 fully saturated rings. The number of aryl methyl sites for hydroxylation is 1. The first-order valence-corrected chi connectivity index (χ1v) is 6.31. The third kappa shape index (κ3) is 2.74. The number of anilines is 1. The first kappa shape index (κ1) is 13.5. The van der Waals surface area contributed by atoms with Gasteiger partial charge in [0.25, 0.3) is 0 Å². The maximum Gasteiger partial charge on any atom is 0.244 e. The van der Waals surface area contributed by atoms with E-state index in [1.165, 1.54) is 0 Å². The normalized spacial score (nSPS) is 11.6. The number of pyridine rings is 1. The Bertz CT molecular complexity index is 620. The fourth-order valence-electron chi connectivity index (χ4n) is 1.74. The van der Waals surface area contributed by atoms with Crippen molar-refractivity contribution in [3.63, 3.8) is 0 Å². The summed E-state index contributed by atoms with van der Waals surface area (Å²) in [5.74, 6) is -0.0780. The van der Waals surface area contributed by atoms with E-state index in [1.54, 1.807) is 7.05 Å². The van der Waals surface area contributed by atoms with Gasteiger partial charge in [-0.05, 0) is 40.0 Å². The van der Waals surface area contributed by atoms with Crippen LogP contribution in [0, 0.1) is 6.92 Å². The number of nitrogens with one attached hydrogen (secondary N) is 2. The van der Waals surface area contributed by atoms with Gasteiger partial charge in [0, 0.05) is 11.1 Å². The molecule has 4 heteroatoms. The average molecular weight is 257 g/mol. The minimum absolute atomic E-state index is 0.0780. The van der Waals surface area contributed by atoms with Gasteiger partial charge < -0.3 is 10.6 Å². The van der Waals surface area contributed by atoms with E-state index in [-0.39, 0.29) is 5.91 Å². The summed E-state index contributed by atoms with van der Waals surface area (Å²) in [5.41, 5.74) is 1.88. The summed E-state index contributed by atoms with van der Waals surface area (Å²) < 4.78 is 0. The predicted octanol–water partition coefficient (Wildman–Crippen LogP) is 2.48. The quantitative estimate of drug-likeness (QED) is 0.888. The highest BCUT2D eigenvalue weighted by molar-refractivity contribution is 6.03. The molecule has 0 aliphatic heterocycles. The van der Waals surface area contributed by atoms with E-state index in [2.05, 4.69) is 15.6 Å². The van der Waals surface area contributed by atoms with Crippen molar-refractivity contribution in [2.45, 2.75) is 26.3 Å². The highest BCUT2D eigenvalue weighted by atomic mass is 16.2. The van der Waals surface area contributed by atoms with Gasteiger partial charge in [0.1, 0.15) is 0 Å². The minimum atomic E-state index is -0.619. The Labute approximate surface area is 113 Å². The third-order valence-corrected chi connectivity index (χ3v) is 3.30. The number of para-hydroxylation sites is 1. The molecule has 1 amide bonds. The van der Waals surface area contributed by atoms with E-state index in [0.717, 1.165) is 22.3 Å². The molecule has 0 bridgehead atoms. The summed E-state index contributed by atoms with van der Waals surface area (Å²) in [7, 11) is 1.77. The second-order valence-corrected chi connectivity index (χ2v) is 5.16. The number of carbonyl (C=O) groups is 1. The summed E-state index contributed by atoms with van der Waals surface area (Å²) in [6, 6.07) is 9.75. The van der Waals surface area contributed by atoms with Gasteiger partial charge in [0.2, 0.25) is 5.91 Å². The lowest BCUT2D eigenvalue weighted by atomic mass is 10.0. The molecule has 0 aliphatic rings. The molecule has 1 aromatic heterocycles. The van der Waals surface area contributed by atoms with Crippen LogP contribution in [-0.2, 0) is 4.79 Å². The zero-order valence-corrected chi connectivity index (χ0v) is 11.7. The Morgan fingerprint density at radius 2 is 1.95 bits per heavy atom. The van der Waals surface area contributed by atoms with Crippen LogP contribution in [0.5, 0.6) is 0 Å². The highest BCUT2D eigenvalue weighted by Gasteiger charge is 2.25. The molecular weight excluding hydrogens is 238 g/mol. The molecule has 2 rings (SSSR count). The molecule has 19 heavy (non-hydrogen) atoms. The summed E-state index contributed by atoms with van der Waals surface area (Å²) in [6.07, 6.45) is 0. The lowest BCUT2D eigenvalue weighted by Gasteiger charge is -2.23. The van der Waals surface area contributed by atoms with E-state index in [0.29, 0.717) is 0 Å². The Morgan fingerprint density at radius 3 is 2.63 bits per heavy atom. The van der Waals surface area contributed by atoms with Crippen molar-refractivity contribution < 1.29 is 4.79 Å². The van der Waals surface area contributed by atoms with Gasteiger partial charge in [0.15, 0.2) is 0 Å². The standard InChI is InChI=1S/C15H19N3O/c1-10-8-9-11-6-5-7-12(13(11)17-10)18-14(19)15(2,3)16-4/h5-9,16H,1-4H3,(H,18,19). The fraction of sp³-hybridized carbons (Fsp3) is 0.333. The number of amides is 1. The van der Waals surface area contributed by atoms with Crippen LogP contribution in [0.15, 0.2) is 30.3 Å². The van der Waals surface area contributed by atoms with Crippen molar-refractivity contribution in [1.29, 1.82) is 0 Å². The highest BCUT2D eigenvalue weighted by Crippen LogP contribution is 2.22. The summed E-state index contributed by atoms with van der Waals surface area (Å²) in [4.78, 5) is 16.7. The number of benzene rings is 1. The van der Waals surface area contributed by atoms with Crippen molar-refractivity contribution in [1.82, 2.24) is 10.3 Å². The van der Waals surface area contributed by atoms with Gasteiger partial charge in [-0.3, -0.25) is 9.78 Å². The van der Waals surface area contributed by atoms with Crippen LogP contribution in [0.1, 0.15) is 19.5 Å². The number of aromatic nitrogens is 1.